The first kappa shape index (κ1) is 15.5. The minimum Gasteiger partial charge on any atom is -0.496 e. The highest BCUT2D eigenvalue weighted by Gasteiger charge is 2.26. The molecule has 0 spiro atoms. The first-order chi connectivity index (χ1) is 8.96. The Balaban J connectivity index is 3.26. The fourth-order valence-electron chi connectivity index (χ4n) is 2.50. The lowest BCUT2D eigenvalue weighted by molar-refractivity contribution is 0.361. The van der Waals surface area contributed by atoms with E-state index in [1.807, 2.05) is 20.0 Å². The molecular weight excluding hydrogens is 236 g/mol. The molecule has 1 aromatic carbocycles. The van der Waals surface area contributed by atoms with E-state index in [0.717, 1.165) is 16.9 Å². The van der Waals surface area contributed by atoms with Crippen LogP contribution in [0.2, 0.25) is 0 Å². The van der Waals surface area contributed by atoms with Gasteiger partial charge in [-0.2, -0.15) is 5.26 Å². The molecule has 0 saturated heterocycles. The summed E-state index contributed by atoms with van der Waals surface area (Å²) in [5.74, 6) is 1.16. The maximum atomic E-state index is 9.41. The van der Waals surface area contributed by atoms with Crippen LogP contribution in [0.4, 0.5) is 0 Å². The van der Waals surface area contributed by atoms with E-state index in [2.05, 4.69) is 38.2 Å². The number of hydrogen-bond donors (Lipinski definition) is 1. The number of nitriles is 1. The van der Waals surface area contributed by atoms with E-state index < -0.39 is 0 Å². The zero-order valence-corrected chi connectivity index (χ0v) is 12.7. The topological polar surface area (TPSA) is 45.0 Å². The Bertz CT molecular complexity index is 474. The predicted octanol–water partition coefficient (Wildman–Crippen LogP) is 3.37. The normalized spacial score (nSPS) is 14.0. The van der Waals surface area contributed by atoms with Crippen LogP contribution in [0.15, 0.2) is 12.1 Å². The SMILES string of the molecule is CNC(c1cc(C)c(OC)cc1C)C(C#N)C(C)C. The maximum Gasteiger partial charge on any atom is 0.122 e. The van der Waals surface area contributed by atoms with Crippen molar-refractivity contribution in [3.8, 4) is 11.8 Å². The zero-order valence-electron chi connectivity index (χ0n) is 12.7. The van der Waals surface area contributed by atoms with Gasteiger partial charge < -0.3 is 10.1 Å². The van der Waals surface area contributed by atoms with Gasteiger partial charge >= 0.3 is 0 Å². The van der Waals surface area contributed by atoms with Crippen LogP contribution in [0, 0.1) is 37.0 Å². The van der Waals surface area contributed by atoms with E-state index in [4.69, 9.17) is 4.74 Å². The quantitative estimate of drug-likeness (QED) is 0.883. The largest absolute Gasteiger partial charge is 0.496 e. The molecule has 1 aromatic rings. The number of methoxy groups -OCH3 is 1. The lowest BCUT2D eigenvalue weighted by atomic mass is 9.83. The summed E-state index contributed by atoms with van der Waals surface area (Å²) in [6, 6.07) is 6.66. The summed E-state index contributed by atoms with van der Waals surface area (Å²) in [5, 5.41) is 12.7. The van der Waals surface area contributed by atoms with Crippen LogP contribution in [-0.4, -0.2) is 14.2 Å². The van der Waals surface area contributed by atoms with Crippen molar-refractivity contribution in [3.05, 3.63) is 28.8 Å². The van der Waals surface area contributed by atoms with Crippen LogP contribution in [0.1, 0.15) is 36.6 Å². The molecule has 19 heavy (non-hydrogen) atoms. The van der Waals surface area contributed by atoms with Crippen molar-refractivity contribution >= 4 is 0 Å². The molecule has 0 aliphatic rings. The number of hydrogen-bond acceptors (Lipinski definition) is 3. The van der Waals surface area contributed by atoms with Crippen LogP contribution in [-0.2, 0) is 0 Å². The Morgan fingerprint density at radius 3 is 2.26 bits per heavy atom. The van der Waals surface area contributed by atoms with E-state index in [-0.39, 0.29) is 12.0 Å². The second-order valence-corrected chi connectivity index (χ2v) is 5.34. The summed E-state index contributed by atoms with van der Waals surface area (Å²) in [5.41, 5.74) is 3.44. The van der Waals surface area contributed by atoms with E-state index in [9.17, 15) is 5.26 Å². The molecule has 0 radical (unpaired) electrons. The summed E-state index contributed by atoms with van der Waals surface area (Å²) in [6.45, 7) is 8.27. The summed E-state index contributed by atoms with van der Waals surface area (Å²) in [6.07, 6.45) is 0. The molecule has 0 aromatic heterocycles. The van der Waals surface area contributed by atoms with E-state index >= 15 is 0 Å². The summed E-state index contributed by atoms with van der Waals surface area (Å²) in [4.78, 5) is 0. The summed E-state index contributed by atoms with van der Waals surface area (Å²) in [7, 11) is 3.60. The van der Waals surface area contributed by atoms with Crippen molar-refractivity contribution < 1.29 is 4.74 Å². The lowest BCUT2D eigenvalue weighted by Crippen LogP contribution is -2.28. The molecule has 1 rings (SSSR count). The van der Waals surface area contributed by atoms with Crippen molar-refractivity contribution in [2.45, 2.75) is 33.7 Å². The third kappa shape index (κ3) is 3.27. The standard InChI is InChI=1S/C16H24N2O/c1-10(2)14(9-17)16(18-5)13-7-12(4)15(19-6)8-11(13)3/h7-8,10,14,16,18H,1-6H3. The van der Waals surface area contributed by atoms with E-state index in [0.29, 0.717) is 5.92 Å². The molecule has 0 heterocycles. The number of ether oxygens (including phenoxy) is 1. The van der Waals surface area contributed by atoms with Gasteiger partial charge in [-0.15, -0.1) is 0 Å². The summed E-state index contributed by atoms with van der Waals surface area (Å²) < 4.78 is 5.34. The van der Waals surface area contributed by atoms with Gasteiger partial charge in [0.25, 0.3) is 0 Å². The number of aryl methyl sites for hydroxylation is 2. The molecule has 0 fully saturated rings. The Labute approximate surface area is 116 Å². The highest BCUT2D eigenvalue weighted by molar-refractivity contribution is 5.43. The molecule has 0 saturated carbocycles. The minimum absolute atomic E-state index is 0.0449. The van der Waals surface area contributed by atoms with Crippen LogP contribution in [0.5, 0.6) is 5.75 Å². The average Bonchev–Trinajstić information content (AvgIpc) is 2.37. The van der Waals surface area contributed by atoms with Crippen LogP contribution in [0.25, 0.3) is 0 Å². The number of nitrogens with one attached hydrogen (secondary N) is 1. The fraction of sp³-hybridized carbons (Fsp3) is 0.562. The van der Waals surface area contributed by atoms with Gasteiger partial charge in [-0.3, -0.25) is 0 Å². The second-order valence-electron chi connectivity index (χ2n) is 5.34. The Hall–Kier alpha value is -1.53. The van der Waals surface area contributed by atoms with Gasteiger partial charge in [0, 0.05) is 6.04 Å². The number of rotatable bonds is 5. The number of nitrogens with zero attached hydrogens (tertiary/aromatic N) is 1. The second kappa shape index (κ2) is 6.58. The van der Waals surface area contributed by atoms with Gasteiger partial charge in [-0.05, 0) is 49.6 Å². The Kier molecular flexibility index (Phi) is 5.38. The molecule has 104 valence electrons. The van der Waals surface area contributed by atoms with E-state index in [1.54, 1.807) is 7.11 Å². The van der Waals surface area contributed by atoms with Crippen LogP contribution in [0.3, 0.4) is 0 Å². The molecule has 0 amide bonds. The third-order valence-electron chi connectivity index (χ3n) is 3.66. The average molecular weight is 260 g/mol. The van der Waals surface area contributed by atoms with Crippen molar-refractivity contribution in [3.63, 3.8) is 0 Å². The molecule has 3 nitrogen and oxygen atoms in total. The van der Waals surface area contributed by atoms with Gasteiger partial charge in [-0.1, -0.05) is 19.9 Å². The summed E-state index contributed by atoms with van der Waals surface area (Å²) >= 11 is 0. The van der Waals surface area contributed by atoms with Crippen molar-refractivity contribution in [2.75, 3.05) is 14.2 Å². The molecule has 2 atom stereocenters. The van der Waals surface area contributed by atoms with Gasteiger partial charge in [-0.25, -0.2) is 0 Å². The molecule has 0 bridgehead atoms. The highest BCUT2D eigenvalue weighted by atomic mass is 16.5. The van der Waals surface area contributed by atoms with Gasteiger partial charge in [0.15, 0.2) is 0 Å². The Morgan fingerprint density at radius 2 is 1.84 bits per heavy atom. The molecule has 2 unspecified atom stereocenters. The first-order valence-corrected chi connectivity index (χ1v) is 6.68. The first-order valence-electron chi connectivity index (χ1n) is 6.68. The van der Waals surface area contributed by atoms with Crippen molar-refractivity contribution in [1.29, 1.82) is 5.26 Å². The predicted molar refractivity (Wildman–Crippen MR) is 78.2 cm³/mol. The highest BCUT2D eigenvalue weighted by Crippen LogP contribution is 2.32. The molecule has 0 aliphatic heterocycles. The molecule has 3 heteroatoms. The van der Waals surface area contributed by atoms with E-state index in [1.165, 1.54) is 5.56 Å². The van der Waals surface area contributed by atoms with Crippen molar-refractivity contribution in [2.24, 2.45) is 11.8 Å². The minimum atomic E-state index is -0.0449. The third-order valence-corrected chi connectivity index (χ3v) is 3.66. The number of benzene rings is 1. The maximum absolute atomic E-state index is 9.41. The van der Waals surface area contributed by atoms with Crippen molar-refractivity contribution in [1.82, 2.24) is 5.32 Å². The monoisotopic (exact) mass is 260 g/mol. The Morgan fingerprint density at radius 1 is 1.21 bits per heavy atom. The van der Waals surface area contributed by atoms with Crippen LogP contribution < -0.4 is 10.1 Å². The molecule has 0 aliphatic carbocycles. The van der Waals surface area contributed by atoms with Gasteiger partial charge in [0.2, 0.25) is 0 Å². The van der Waals surface area contributed by atoms with Crippen LogP contribution >= 0.6 is 0 Å². The zero-order chi connectivity index (χ0) is 14.6. The van der Waals surface area contributed by atoms with Gasteiger partial charge in [0.1, 0.15) is 5.75 Å². The molecular formula is C16H24N2O. The lowest BCUT2D eigenvalue weighted by Gasteiger charge is -2.27. The smallest absolute Gasteiger partial charge is 0.122 e. The fourth-order valence-corrected chi connectivity index (χ4v) is 2.50. The molecule has 1 N–H and O–H groups in total. The van der Waals surface area contributed by atoms with Gasteiger partial charge in [0.05, 0.1) is 19.1 Å².